The van der Waals surface area contributed by atoms with E-state index in [0.717, 1.165) is 32.1 Å². The number of aliphatic hydroxyl groups is 1. The molecule has 144 valence electrons. The summed E-state index contributed by atoms with van der Waals surface area (Å²) in [6.45, 7) is 3.98. The van der Waals surface area contributed by atoms with Gasteiger partial charge >= 0.3 is 0 Å². The summed E-state index contributed by atoms with van der Waals surface area (Å²) in [5, 5.41) is 14.4. The van der Waals surface area contributed by atoms with E-state index in [9.17, 15) is 14.7 Å². The number of rotatable bonds is 7. The van der Waals surface area contributed by atoms with E-state index in [1.807, 2.05) is 19.9 Å². The van der Waals surface area contributed by atoms with Crippen molar-refractivity contribution in [3.63, 3.8) is 0 Å². The maximum atomic E-state index is 12.8. The number of benzene rings is 1. The van der Waals surface area contributed by atoms with Crippen LogP contribution in [-0.4, -0.2) is 23.0 Å². The number of hydrogen-bond donors (Lipinski definition) is 4. The number of hydrogen-bond acceptors (Lipinski definition) is 4. The second kappa shape index (κ2) is 9.14. The van der Waals surface area contributed by atoms with Gasteiger partial charge in [-0.25, -0.2) is 5.84 Å². The lowest BCUT2D eigenvalue weighted by molar-refractivity contribution is -0.147. The molecule has 0 heterocycles. The van der Waals surface area contributed by atoms with Crippen molar-refractivity contribution in [1.82, 2.24) is 10.7 Å². The van der Waals surface area contributed by atoms with Gasteiger partial charge in [0.05, 0.1) is 6.04 Å². The number of carbonyl (C=O) groups excluding carboxylic acids is 2. The molecule has 1 aliphatic rings. The Labute approximate surface area is 155 Å². The molecule has 1 unspecified atom stereocenters. The van der Waals surface area contributed by atoms with Gasteiger partial charge in [0.25, 0.3) is 5.91 Å². The van der Waals surface area contributed by atoms with Gasteiger partial charge in [0.2, 0.25) is 5.91 Å². The molecule has 1 aromatic rings. The molecule has 2 amide bonds. The zero-order chi connectivity index (χ0) is 19.2. The molecular formula is C20H31N3O3. The molecule has 0 radical (unpaired) electrons. The third-order valence-corrected chi connectivity index (χ3v) is 5.20. The highest BCUT2D eigenvalue weighted by atomic mass is 16.3. The third kappa shape index (κ3) is 4.62. The van der Waals surface area contributed by atoms with Crippen molar-refractivity contribution >= 4 is 11.8 Å². The number of amides is 2. The van der Waals surface area contributed by atoms with Gasteiger partial charge in [-0.15, -0.1) is 0 Å². The molecule has 1 fully saturated rings. The van der Waals surface area contributed by atoms with Crippen molar-refractivity contribution in [2.24, 2.45) is 17.7 Å². The molecular weight excluding hydrogens is 330 g/mol. The number of hydrazine groups is 1. The molecule has 1 aliphatic carbocycles. The molecule has 2 rings (SSSR count). The van der Waals surface area contributed by atoms with Crippen LogP contribution in [0.3, 0.4) is 0 Å². The number of nitrogens with two attached hydrogens (primary N) is 1. The SMILES string of the molecule is CC(C)C[C@H](NC(=O)C1CCCCC1)C(O)(C(=O)NN)c1ccccc1. The fourth-order valence-electron chi connectivity index (χ4n) is 3.75. The van der Waals surface area contributed by atoms with Gasteiger partial charge in [0.15, 0.2) is 5.60 Å². The molecule has 2 atom stereocenters. The molecule has 0 saturated heterocycles. The summed E-state index contributed by atoms with van der Waals surface area (Å²) in [5.74, 6) is 4.67. The predicted octanol–water partition coefficient (Wildman–Crippen LogP) is 1.98. The molecule has 1 saturated carbocycles. The van der Waals surface area contributed by atoms with E-state index in [4.69, 9.17) is 5.84 Å². The molecule has 0 spiro atoms. The quantitative estimate of drug-likeness (QED) is 0.338. The minimum absolute atomic E-state index is 0.0561. The van der Waals surface area contributed by atoms with Crippen LogP contribution in [0.25, 0.3) is 0 Å². The van der Waals surface area contributed by atoms with Crippen molar-refractivity contribution in [3.05, 3.63) is 35.9 Å². The fraction of sp³-hybridized carbons (Fsp3) is 0.600. The molecule has 0 aliphatic heterocycles. The van der Waals surface area contributed by atoms with Crippen LogP contribution in [-0.2, 0) is 15.2 Å². The molecule has 0 aromatic heterocycles. The molecule has 0 bridgehead atoms. The standard InChI is InChI=1S/C20H31N3O3/c1-14(2)13-17(22-18(24)15-9-5-3-6-10-15)20(26,19(25)23-21)16-11-7-4-8-12-16/h4,7-8,11-12,14-15,17,26H,3,5-6,9-10,13,21H2,1-2H3,(H,22,24)(H,23,25)/t17-,20?/m0/s1. The van der Waals surface area contributed by atoms with Gasteiger partial charge in [-0.05, 0) is 30.7 Å². The smallest absolute Gasteiger partial charge is 0.272 e. The Morgan fingerprint density at radius 3 is 2.35 bits per heavy atom. The van der Waals surface area contributed by atoms with Crippen LogP contribution in [0.4, 0.5) is 0 Å². The van der Waals surface area contributed by atoms with E-state index in [0.29, 0.717) is 12.0 Å². The first-order valence-corrected chi connectivity index (χ1v) is 9.48. The van der Waals surface area contributed by atoms with Crippen LogP contribution in [0.2, 0.25) is 0 Å². The molecule has 6 nitrogen and oxygen atoms in total. The first-order chi connectivity index (χ1) is 12.4. The Bertz CT molecular complexity index is 600. The second-order valence-electron chi connectivity index (χ2n) is 7.63. The van der Waals surface area contributed by atoms with Crippen LogP contribution in [0.1, 0.15) is 57.9 Å². The van der Waals surface area contributed by atoms with Crippen LogP contribution in [0.15, 0.2) is 30.3 Å². The Hall–Kier alpha value is -1.92. The lowest BCUT2D eigenvalue weighted by Gasteiger charge is -2.37. The van der Waals surface area contributed by atoms with E-state index in [2.05, 4.69) is 10.7 Å². The first kappa shape index (κ1) is 20.4. The highest BCUT2D eigenvalue weighted by molar-refractivity contribution is 5.88. The van der Waals surface area contributed by atoms with Gasteiger partial charge in [-0.2, -0.15) is 0 Å². The third-order valence-electron chi connectivity index (χ3n) is 5.20. The summed E-state index contributed by atoms with van der Waals surface area (Å²) in [6.07, 6.45) is 5.40. The van der Waals surface area contributed by atoms with Gasteiger partial charge in [0.1, 0.15) is 0 Å². The summed E-state index contributed by atoms with van der Waals surface area (Å²) >= 11 is 0. The van der Waals surface area contributed by atoms with Gasteiger partial charge in [-0.1, -0.05) is 63.4 Å². The van der Waals surface area contributed by atoms with Gasteiger partial charge in [-0.3, -0.25) is 15.0 Å². The number of carbonyl (C=O) groups is 2. The average molecular weight is 361 g/mol. The lowest BCUT2D eigenvalue weighted by Crippen LogP contribution is -2.60. The van der Waals surface area contributed by atoms with Crippen LogP contribution >= 0.6 is 0 Å². The highest BCUT2D eigenvalue weighted by Gasteiger charge is 2.46. The van der Waals surface area contributed by atoms with Crippen molar-refractivity contribution < 1.29 is 14.7 Å². The Morgan fingerprint density at radius 2 is 1.81 bits per heavy atom. The zero-order valence-corrected chi connectivity index (χ0v) is 15.7. The summed E-state index contributed by atoms with van der Waals surface area (Å²) < 4.78 is 0. The van der Waals surface area contributed by atoms with Crippen LogP contribution in [0.5, 0.6) is 0 Å². The summed E-state index contributed by atoms with van der Waals surface area (Å²) in [5.41, 5.74) is 0.559. The van der Waals surface area contributed by atoms with Crippen molar-refractivity contribution in [2.75, 3.05) is 0 Å². The van der Waals surface area contributed by atoms with Gasteiger partial charge in [0, 0.05) is 5.92 Å². The Balaban J connectivity index is 2.33. The zero-order valence-electron chi connectivity index (χ0n) is 15.7. The predicted molar refractivity (Wildman–Crippen MR) is 101 cm³/mol. The van der Waals surface area contributed by atoms with E-state index in [1.54, 1.807) is 24.3 Å². The highest BCUT2D eigenvalue weighted by Crippen LogP contribution is 2.31. The average Bonchev–Trinajstić information content (AvgIpc) is 2.67. The van der Waals surface area contributed by atoms with Crippen molar-refractivity contribution in [2.45, 2.75) is 64.0 Å². The lowest BCUT2D eigenvalue weighted by atomic mass is 9.80. The molecule has 6 heteroatoms. The van der Waals surface area contributed by atoms with Gasteiger partial charge < -0.3 is 10.4 Å². The topological polar surface area (TPSA) is 104 Å². The maximum Gasteiger partial charge on any atom is 0.272 e. The second-order valence-corrected chi connectivity index (χ2v) is 7.63. The molecule has 26 heavy (non-hydrogen) atoms. The fourth-order valence-corrected chi connectivity index (χ4v) is 3.75. The summed E-state index contributed by atoms with van der Waals surface area (Å²) in [7, 11) is 0. The monoisotopic (exact) mass is 361 g/mol. The van der Waals surface area contributed by atoms with E-state index >= 15 is 0 Å². The number of nitrogens with one attached hydrogen (secondary N) is 2. The Kier molecular flexibility index (Phi) is 7.17. The summed E-state index contributed by atoms with van der Waals surface area (Å²) in [6, 6.07) is 7.90. The van der Waals surface area contributed by atoms with Crippen LogP contribution in [0, 0.1) is 11.8 Å². The largest absolute Gasteiger partial charge is 0.374 e. The van der Waals surface area contributed by atoms with E-state index in [1.165, 1.54) is 0 Å². The van der Waals surface area contributed by atoms with Crippen LogP contribution < -0.4 is 16.6 Å². The molecule has 5 N–H and O–H groups in total. The van der Waals surface area contributed by atoms with E-state index in [-0.39, 0.29) is 17.7 Å². The maximum absolute atomic E-state index is 12.8. The van der Waals surface area contributed by atoms with E-state index < -0.39 is 17.6 Å². The van der Waals surface area contributed by atoms with Crippen molar-refractivity contribution in [3.8, 4) is 0 Å². The van der Waals surface area contributed by atoms with Crippen molar-refractivity contribution in [1.29, 1.82) is 0 Å². The first-order valence-electron chi connectivity index (χ1n) is 9.48. The minimum Gasteiger partial charge on any atom is -0.374 e. The Morgan fingerprint density at radius 1 is 1.19 bits per heavy atom. The normalized spacial score (nSPS) is 18.8. The molecule has 1 aromatic carbocycles. The minimum atomic E-state index is -1.93. The summed E-state index contributed by atoms with van der Waals surface area (Å²) in [4.78, 5) is 25.4.